The van der Waals surface area contributed by atoms with Crippen LogP contribution in [0.1, 0.15) is 19.4 Å². The van der Waals surface area contributed by atoms with Gasteiger partial charge in [0.2, 0.25) is 0 Å². The maximum Gasteiger partial charge on any atom is 0.326 e. The number of piperazine rings is 1. The fraction of sp³-hybridized carbons (Fsp3) is 0.378. The molecule has 0 radical (unpaired) electrons. The highest BCUT2D eigenvalue weighted by molar-refractivity contribution is 6.03. The summed E-state index contributed by atoms with van der Waals surface area (Å²) in [5.74, 6) is -0.814. The molecule has 0 N–H and O–H groups in total. The lowest BCUT2D eigenvalue weighted by molar-refractivity contribution is -0.117. The Labute approximate surface area is 311 Å². The zero-order chi connectivity index (χ0) is 36.4. The monoisotopic (exact) mass is 751 g/mol. The van der Waals surface area contributed by atoms with Gasteiger partial charge in [0.1, 0.15) is 66.9 Å². The summed E-state index contributed by atoms with van der Waals surface area (Å²) in [6.07, 6.45) is 3.39. The second-order valence-electron chi connectivity index (χ2n) is 13.3. The summed E-state index contributed by atoms with van der Waals surface area (Å²) < 4.78 is 48.2. The average Bonchev–Trinajstić information content (AvgIpc) is 3.89. The number of hydrogen-bond donors (Lipinski definition) is 0. The molecule has 3 fully saturated rings. The van der Waals surface area contributed by atoms with Crippen molar-refractivity contribution in [3.8, 4) is 5.75 Å². The Hall–Kier alpha value is -5.12. The van der Waals surface area contributed by atoms with E-state index in [9.17, 15) is 23.2 Å². The van der Waals surface area contributed by atoms with E-state index in [2.05, 4.69) is 19.9 Å². The molecule has 3 aliphatic heterocycles. The van der Waals surface area contributed by atoms with Gasteiger partial charge < -0.3 is 38.5 Å². The van der Waals surface area contributed by atoms with E-state index in [4.69, 9.17) is 14.2 Å². The van der Waals surface area contributed by atoms with Gasteiger partial charge in [-0.25, -0.2) is 23.2 Å². The first-order chi connectivity index (χ1) is 25.2. The van der Waals surface area contributed by atoms with E-state index in [1.807, 2.05) is 62.4 Å². The molecular formula is C37H40ClF2N7O6. The van der Waals surface area contributed by atoms with Gasteiger partial charge in [-0.15, -0.1) is 12.4 Å². The Morgan fingerprint density at radius 1 is 0.906 bits per heavy atom. The molecule has 0 aliphatic carbocycles. The van der Waals surface area contributed by atoms with Crippen LogP contribution in [0.5, 0.6) is 5.75 Å². The lowest BCUT2D eigenvalue weighted by Crippen LogP contribution is -2.46. The predicted octanol–water partition coefficient (Wildman–Crippen LogP) is 4.44. The molecule has 4 aromatic rings. The number of nitrogens with zero attached hydrogens (tertiary/aromatic N) is 7. The number of urea groups is 1. The minimum Gasteiger partial charge on any atom is -0.488 e. The zero-order valence-corrected chi connectivity index (χ0v) is 30.0. The van der Waals surface area contributed by atoms with E-state index >= 15 is 0 Å². The van der Waals surface area contributed by atoms with Crippen molar-refractivity contribution >= 4 is 48.1 Å². The third-order valence-electron chi connectivity index (χ3n) is 9.76. The first kappa shape index (κ1) is 37.6. The summed E-state index contributed by atoms with van der Waals surface area (Å²) >= 11 is 0. The largest absolute Gasteiger partial charge is 0.488 e. The van der Waals surface area contributed by atoms with Gasteiger partial charge in [-0.3, -0.25) is 4.90 Å². The van der Waals surface area contributed by atoms with Crippen molar-refractivity contribution < 1.29 is 37.4 Å². The number of ether oxygens (including phenoxy) is 3. The number of carbonyl (C=O) groups excluding carboxylic acids is 3. The Morgan fingerprint density at radius 3 is 2.09 bits per heavy atom. The fourth-order valence-corrected chi connectivity index (χ4v) is 7.17. The van der Waals surface area contributed by atoms with Crippen molar-refractivity contribution in [2.75, 3.05) is 54.1 Å². The van der Waals surface area contributed by atoms with Gasteiger partial charge in [-0.1, -0.05) is 6.07 Å². The quantitative estimate of drug-likeness (QED) is 0.192. The maximum atomic E-state index is 14.9. The van der Waals surface area contributed by atoms with Crippen LogP contribution in [0.4, 0.5) is 30.6 Å². The number of anilines is 3. The summed E-state index contributed by atoms with van der Waals surface area (Å²) in [6, 6.07) is 16.3. The minimum atomic E-state index is -1.25. The van der Waals surface area contributed by atoms with Crippen LogP contribution in [0, 0.1) is 11.6 Å². The van der Waals surface area contributed by atoms with Gasteiger partial charge in [0.15, 0.2) is 6.29 Å². The summed E-state index contributed by atoms with van der Waals surface area (Å²) in [7, 11) is 0. The normalized spacial score (nSPS) is 23.0. The molecule has 4 heterocycles. The Morgan fingerprint density at radius 2 is 1.53 bits per heavy atom. The van der Waals surface area contributed by atoms with Gasteiger partial charge >= 0.3 is 6.03 Å². The molecule has 7 rings (SSSR count). The van der Waals surface area contributed by atoms with Crippen LogP contribution in [-0.2, 0) is 31.2 Å². The third-order valence-corrected chi connectivity index (χ3v) is 9.76. The van der Waals surface area contributed by atoms with Crippen LogP contribution in [0.25, 0.3) is 0 Å². The van der Waals surface area contributed by atoms with Crippen LogP contribution in [-0.4, -0.2) is 102 Å². The summed E-state index contributed by atoms with van der Waals surface area (Å²) in [6.45, 7) is 6.92. The average molecular weight is 752 g/mol. The molecule has 2 unspecified atom stereocenters. The lowest BCUT2D eigenvalue weighted by atomic mass is 9.94. The van der Waals surface area contributed by atoms with Gasteiger partial charge in [0.25, 0.3) is 0 Å². The first-order valence-electron chi connectivity index (χ1n) is 17.1. The molecular weight excluding hydrogens is 712 g/mol. The molecule has 2 amide bonds. The SMILES string of the molecule is CC(C)N1C(=O)N(c2ccc(N3CCN(c4ccc(OC[C@H]5OC[C@](Cn6cncn6)(c6ccc(F)cc6F)O5)cc4)CC3)cc2)C(C=O)C1C=O.Cl. The van der Waals surface area contributed by atoms with Crippen molar-refractivity contribution in [2.45, 2.75) is 50.4 Å². The highest BCUT2D eigenvalue weighted by atomic mass is 35.5. The molecule has 16 heteroatoms. The smallest absolute Gasteiger partial charge is 0.326 e. The van der Waals surface area contributed by atoms with Crippen LogP contribution in [0.3, 0.4) is 0 Å². The number of halogens is 3. The van der Waals surface area contributed by atoms with Gasteiger partial charge in [0.05, 0.1) is 13.2 Å². The molecule has 0 saturated carbocycles. The van der Waals surface area contributed by atoms with E-state index in [0.717, 1.165) is 43.6 Å². The number of hydrogen-bond acceptors (Lipinski definition) is 10. The fourth-order valence-electron chi connectivity index (χ4n) is 7.17. The Balaban J connectivity index is 0.00000481. The lowest BCUT2D eigenvalue weighted by Gasteiger charge is -2.37. The van der Waals surface area contributed by atoms with E-state index in [1.54, 1.807) is 0 Å². The van der Waals surface area contributed by atoms with Crippen molar-refractivity contribution in [1.29, 1.82) is 0 Å². The van der Waals surface area contributed by atoms with Gasteiger partial charge in [-0.2, -0.15) is 5.10 Å². The van der Waals surface area contributed by atoms with Crippen molar-refractivity contribution in [3.05, 3.63) is 96.6 Å². The third kappa shape index (κ3) is 7.54. The van der Waals surface area contributed by atoms with E-state index < -0.39 is 35.6 Å². The van der Waals surface area contributed by atoms with Crippen LogP contribution >= 0.6 is 12.4 Å². The molecule has 4 atom stereocenters. The molecule has 0 bridgehead atoms. The van der Waals surface area contributed by atoms with Gasteiger partial charge in [-0.05, 0) is 68.4 Å². The molecule has 280 valence electrons. The van der Waals surface area contributed by atoms with Crippen molar-refractivity contribution in [2.24, 2.45) is 0 Å². The second-order valence-corrected chi connectivity index (χ2v) is 13.3. The molecule has 53 heavy (non-hydrogen) atoms. The molecule has 13 nitrogen and oxygen atoms in total. The molecule has 3 aromatic carbocycles. The second kappa shape index (κ2) is 15.9. The topological polar surface area (TPSA) is 123 Å². The summed E-state index contributed by atoms with van der Waals surface area (Å²) in [4.78, 5) is 48.2. The number of amides is 2. The molecule has 3 saturated heterocycles. The zero-order valence-electron chi connectivity index (χ0n) is 29.2. The van der Waals surface area contributed by atoms with Crippen molar-refractivity contribution in [3.63, 3.8) is 0 Å². The number of carbonyl (C=O) groups is 3. The summed E-state index contributed by atoms with van der Waals surface area (Å²) in [5, 5.41) is 4.12. The minimum absolute atomic E-state index is 0. The number of aldehydes is 2. The van der Waals surface area contributed by atoms with Crippen LogP contribution < -0.4 is 19.4 Å². The molecule has 1 aromatic heterocycles. The maximum absolute atomic E-state index is 14.9. The van der Waals surface area contributed by atoms with Crippen LogP contribution in [0.15, 0.2) is 79.4 Å². The highest BCUT2D eigenvalue weighted by Gasteiger charge is 2.48. The first-order valence-corrected chi connectivity index (χ1v) is 17.1. The number of aromatic nitrogens is 3. The van der Waals surface area contributed by atoms with E-state index in [0.29, 0.717) is 24.0 Å². The van der Waals surface area contributed by atoms with E-state index in [-0.39, 0.29) is 49.8 Å². The summed E-state index contributed by atoms with van der Waals surface area (Å²) in [5.41, 5.74) is 1.52. The number of benzene rings is 3. The Bertz CT molecular complexity index is 1880. The van der Waals surface area contributed by atoms with E-state index in [1.165, 1.54) is 39.3 Å². The van der Waals surface area contributed by atoms with Crippen molar-refractivity contribution in [1.82, 2.24) is 19.7 Å². The van der Waals surface area contributed by atoms with Gasteiger partial charge in [0, 0.05) is 60.9 Å². The highest BCUT2D eigenvalue weighted by Crippen LogP contribution is 2.37. The Kier molecular flexibility index (Phi) is 11.3. The molecule has 3 aliphatic rings. The number of rotatable bonds is 12. The predicted molar refractivity (Wildman–Crippen MR) is 193 cm³/mol. The molecule has 0 spiro atoms. The standard InChI is InChI=1S/C37H39F2N7O6.ClH/c1-25(2)45-33(18-47)34(19-48)46(36(45)49)29-6-4-27(5-7-29)42-13-15-43(16-14-42)28-8-10-30(11-9-28)50-20-35-51-22-37(52-35,21-44-24-40-23-41-44)31-12-3-26(38)17-32(31)39;/h3-12,17-19,23-25,33-35H,13-16,20-22H2,1-2H3;1H/t33?,34?,35-,37+;/m0./s1. The van der Waals surface area contributed by atoms with Crippen LogP contribution in [0.2, 0.25) is 0 Å².